The van der Waals surface area contributed by atoms with Gasteiger partial charge in [-0.2, -0.15) is 5.26 Å². The van der Waals surface area contributed by atoms with E-state index in [0.717, 1.165) is 0 Å². The molecule has 1 aromatic carbocycles. The summed E-state index contributed by atoms with van der Waals surface area (Å²) in [6.45, 7) is 0. The van der Waals surface area contributed by atoms with Crippen molar-refractivity contribution in [2.75, 3.05) is 6.26 Å². The number of benzene rings is 1. The summed E-state index contributed by atoms with van der Waals surface area (Å²) in [5.74, 6) is -1.03. The molecule has 7 heteroatoms. The van der Waals surface area contributed by atoms with Crippen molar-refractivity contribution in [1.82, 2.24) is 5.32 Å². The van der Waals surface area contributed by atoms with E-state index in [1.807, 2.05) is 0 Å². The highest BCUT2D eigenvalue weighted by Gasteiger charge is 2.09. The number of nitrogens with zero attached hydrogens (tertiary/aromatic N) is 2. The Kier molecular flexibility index (Phi) is 5.00. The average Bonchev–Trinajstić information content (AvgIpc) is 2.30. The number of carboxylic acid groups (broad SMARTS) is 1. The van der Waals surface area contributed by atoms with Crippen molar-refractivity contribution < 1.29 is 9.90 Å². The molecule has 0 aliphatic carbocycles. The summed E-state index contributed by atoms with van der Waals surface area (Å²) in [6, 6.07) is 4.69. The molecule has 0 amide bonds. The van der Waals surface area contributed by atoms with Crippen LogP contribution in [0, 0.1) is 11.5 Å². The summed E-state index contributed by atoms with van der Waals surface area (Å²) in [7, 11) is 0. The maximum absolute atomic E-state index is 10.9. The highest BCUT2D eigenvalue weighted by molar-refractivity contribution is 9.10. The topological polar surface area (TPSA) is 85.5 Å². The second-order valence-corrected chi connectivity index (χ2v) is 4.48. The molecule has 0 spiro atoms. The molecule has 2 N–H and O–H groups in total. The monoisotopic (exact) mass is 313 g/mol. The lowest BCUT2D eigenvalue weighted by Gasteiger charge is -2.02. The Bertz CT molecular complexity index is 511. The Hall–Kier alpha value is -1.52. The Morgan fingerprint density at radius 3 is 2.88 bits per heavy atom. The summed E-state index contributed by atoms with van der Waals surface area (Å²) in [6.07, 6.45) is 3.52. The molecule has 0 bridgehead atoms. The van der Waals surface area contributed by atoms with Crippen LogP contribution in [-0.2, 0) is 0 Å². The molecule has 0 aromatic heterocycles. The van der Waals surface area contributed by atoms with E-state index in [-0.39, 0.29) is 5.56 Å². The molecule has 0 saturated carbocycles. The minimum atomic E-state index is -1.03. The van der Waals surface area contributed by atoms with Crippen molar-refractivity contribution in [1.29, 1.82) is 5.26 Å². The average molecular weight is 314 g/mol. The molecule has 0 fully saturated rings. The van der Waals surface area contributed by atoms with Gasteiger partial charge in [0, 0.05) is 4.47 Å². The van der Waals surface area contributed by atoms with Gasteiger partial charge in [-0.1, -0.05) is 11.8 Å². The van der Waals surface area contributed by atoms with Crippen LogP contribution in [0.1, 0.15) is 10.4 Å². The lowest BCUT2D eigenvalue weighted by Crippen LogP contribution is -2.12. The van der Waals surface area contributed by atoms with Crippen LogP contribution in [0.3, 0.4) is 0 Å². The number of aromatic carboxylic acids is 1. The van der Waals surface area contributed by atoms with Gasteiger partial charge in [-0.15, -0.1) is 0 Å². The van der Waals surface area contributed by atoms with Crippen LogP contribution in [0.5, 0.6) is 0 Å². The summed E-state index contributed by atoms with van der Waals surface area (Å²) >= 11 is 4.41. The number of aliphatic imine (C=N–C) groups is 1. The molecule has 0 radical (unpaired) electrons. The van der Waals surface area contributed by atoms with Gasteiger partial charge in [-0.05, 0) is 40.4 Å². The number of carbonyl (C=O) groups is 1. The normalized spacial score (nSPS) is 10.8. The van der Waals surface area contributed by atoms with E-state index in [2.05, 4.69) is 26.2 Å². The number of nitriles is 1. The number of rotatable bonds is 2. The van der Waals surface area contributed by atoms with Crippen LogP contribution >= 0.6 is 27.7 Å². The first kappa shape index (κ1) is 13.5. The molecule has 0 aliphatic heterocycles. The van der Waals surface area contributed by atoms with Crippen molar-refractivity contribution >= 4 is 44.5 Å². The fourth-order valence-corrected chi connectivity index (χ4v) is 1.80. The van der Waals surface area contributed by atoms with Crippen molar-refractivity contribution in [2.24, 2.45) is 4.99 Å². The molecule has 1 rings (SSSR count). The molecule has 88 valence electrons. The second kappa shape index (κ2) is 6.27. The predicted molar refractivity (Wildman–Crippen MR) is 70.5 cm³/mol. The number of carboxylic acids is 1. The van der Waals surface area contributed by atoms with Gasteiger partial charge < -0.3 is 5.11 Å². The van der Waals surface area contributed by atoms with E-state index in [0.29, 0.717) is 15.3 Å². The Morgan fingerprint density at radius 1 is 1.65 bits per heavy atom. The largest absolute Gasteiger partial charge is 0.478 e. The van der Waals surface area contributed by atoms with E-state index in [1.54, 1.807) is 24.6 Å². The van der Waals surface area contributed by atoms with Crippen LogP contribution < -0.4 is 5.32 Å². The molecule has 1 aromatic rings. The van der Waals surface area contributed by atoms with Crippen molar-refractivity contribution in [3.63, 3.8) is 0 Å². The fraction of sp³-hybridized carbons (Fsp3) is 0.100. The van der Waals surface area contributed by atoms with Crippen molar-refractivity contribution in [2.45, 2.75) is 0 Å². The molecular formula is C10H8BrN3O2S. The van der Waals surface area contributed by atoms with E-state index >= 15 is 0 Å². The van der Waals surface area contributed by atoms with E-state index in [9.17, 15) is 4.79 Å². The van der Waals surface area contributed by atoms with Crippen molar-refractivity contribution in [3.05, 3.63) is 28.2 Å². The van der Waals surface area contributed by atoms with Gasteiger partial charge in [-0.25, -0.2) is 9.79 Å². The van der Waals surface area contributed by atoms with Gasteiger partial charge in [0.25, 0.3) is 0 Å². The molecule has 0 heterocycles. The van der Waals surface area contributed by atoms with Gasteiger partial charge in [-0.3, -0.25) is 5.32 Å². The summed E-state index contributed by atoms with van der Waals surface area (Å²) < 4.78 is 0.489. The van der Waals surface area contributed by atoms with E-state index < -0.39 is 5.97 Å². The van der Waals surface area contributed by atoms with Crippen LogP contribution in [0.4, 0.5) is 5.69 Å². The van der Waals surface area contributed by atoms with Gasteiger partial charge in [0.2, 0.25) is 0 Å². The van der Waals surface area contributed by atoms with Crippen LogP contribution in [-0.4, -0.2) is 22.5 Å². The zero-order chi connectivity index (χ0) is 12.8. The minimum absolute atomic E-state index is 0.128. The number of amidine groups is 1. The third-order valence-corrected chi connectivity index (χ3v) is 3.04. The van der Waals surface area contributed by atoms with Gasteiger partial charge >= 0.3 is 5.97 Å². The van der Waals surface area contributed by atoms with Gasteiger partial charge in [0.05, 0.1) is 11.3 Å². The molecule has 0 saturated heterocycles. The number of hydrogen-bond acceptors (Lipinski definition) is 4. The second-order valence-electron chi connectivity index (χ2n) is 2.83. The summed E-state index contributed by atoms with van der Waals surface area (Å²) in [4.78, 5) is 15.0. The Balaban J connectivity index is 3.12. The first-order chi connectivity index (χ1) is 8.08. The number of halogens is 1. The van der Waals surface area contributed by atoms with Gasteiger partial charge in [0.15, 0.2) is 11.4 Å². The maximum Gasteiger partial charge on any atom is 0.336 e. The highest BCUT2D eigenvalue weighted by atomic mass is 79.9. The lowest BCUT2D eigenvalue weighted by molar-refractivity contribution is 0.0696. The van der Waals surface area contributed by atoms with E-state index in [1.165, 1.54) is 17.8 Å². The Morgan fingerprint density at radius 2 is 2.35 bits per heavy atom. The molecule has 17 heavy (non-hydrogen) atoms. The Labute approximate surface area is 111 Å². The van der Waals surface area contributed by atoms with Crippen LogP contribution in [0.2, 0.25) is 0 Å². The van der Waals surface area contributed by atoms with Crippen LogP contribution in [0.25, 0.3) is 0 Å². The third kappa shape index (κ3) is 3.76. The predicted octanol–water partition coefficient (Wildman–Crippen LogP) is 2.57. The van der Waals surface area contributed by atoms with Gasteiger partial charge in [0.1, 0.15) is 0 Å². The zero-order valence-corrected chi connectivity index (χ0v) is 11.2. The third-order valence-electron chi connectivity index (χ3n) is 1.77. The summed E-state index contributed by atoms with van der Waals surface area (Å²) in [5, 5.41) is 20.2. The molecule has 5 nitrogen and oxygen atoms in total. The smallest absolute Gasteiger partial charge is 0.336 e. The van der Waals surface area contributed by atoms with Crippen LogP contribution in [0.15, 0.2) is 27.7 Å². The molecule has 0 aliphatic rings. The molecular weight excluding hydrogens is 306 g/mol. The number of nitrogens with one attached hydrogen (secondary N) is 1. The van der Waals surface area contributed by atoms with Crippen molar-refractivity contribution in [3.8, 4) is 6.19 Å². The SMILES string of the molecule is CSC(=Nc1ccc(Br)c(C(=O)O)c1)NC#N. The lowest BCUT2D eigenvalue weighted by atomic mass is 10.2. The number of thioether (sulfide) groups is 1. The zero-order valence-electron chi connectivity index (χ0n) is 8.77. The molecule has 0 unspecified atom stereocenters. The first-order valence-electron chi connectivity index (χ1n) is 4.39. The fourth-order valence-electron chi connectivity index (χ4n) is 1.04. The van der Waals surface area contributed by atoms with E-state index in [4.69, 9.17) is 10.4 Å². The first-order valence-corrected chi connectivity index (χ1v) is 6.41. The number of hydrogen-bond donors (Lipinski definition) is 2. The summed E-state index contributed by atoms with van der Waals surface area (Å²) in [5.41, 5.74) is 0.598. The standard InChI is InChI=1S/C10H8BrN3O2S/c1-17-10(13-5-12)14-6-2-3-8(11)7(4-6)9(15)16/h2-4H,1H3,(H,13,14)(H,15,16). The molecule has 0 atom stereocenters. The minimum Gasteiger partial charge on any atom is -0.478 e. The highest BCUT2D eigenvalue weighted by Crippen LogP contribution is 2.23. The maximum atomic E-state index is 10.9. The quantitative estimate of drug-likeness (QED) is 0.379.